The summed E-state index contributed by atoms with van der Waals surface area (Å²) in [5, 5.41) is 5.08. The maximum Gasteiger partial charge on any atom is 0.322 e. The topological polar surface area (TPSA) is 113 Å². The minimum absolute atomic E-state index is 0.140. The molecular formula is C22H21ClN4O5. The van der Waals surface area contributed by atoms with Gasteiger partial charge in [0.15, 0.2) is 5.54 Å². The highest BCUT2D eigenvalue weighted by atomic mass is 35.5. The highest BCUT2D eigenvalue weighted by Crippen LogP contribution is 2.39. The summed E-state index contributed by atoms with van der Waals surface area (Å²) in [7, 11) is 1.47. The number of fused-ring (bicyclic) bond motifs is 1. The number of nitrogens with one attached hydrogen (secondary N) is 2. The van der Waals surface area contributed by atoms with Gasteiger partial charge >= 0.3 is 6.03 Å². The number of ether oxygens (including phenoxy) is 1. The number of carbonyl (C=O) groups excluding carboxylic acids is 3. The van der Waals surface area contributed by atoms with E-state index in [-0.39, 0.29) is 29.8 Å². The van der Waals surface area contributed by atoms with Gasteiger partial charge in [0.1, 0.15) is 23.0 Å². The van der Waals surface area contributed by atoms with Crippen molar-refractivity contribution in [1.82, 2.24) is 15.5 Å². The predicted molar refractivity (Wildman–Crippen MR) is 118 cm³/mol. The predicted octanol–water partition coefficient (Wildman–Crippen LogP) is 2.91. The molecule has 2 N–H and O–H groups in total. The Bertz CT molecular complexity index is 1150. The number of aliphatic imine (C=N–C) groups is 1. The van der Waals surface area contributed by atoms with Gasteiger partial charge in [-0.15, -0.1) is 12.8 Å². The number of furan rings is 1. The van der Waals surface area contributed by atoms with Crippen LogP contribution < -0.4 is 15.4 Å². The number of urea groups is 1. The molecule has 4 amide bonds. The third-order valence-corrected chi connectivity index (χ3v) is 5.60. The van der Waals surface area contributed by atoms with Crippen molar-refractivity contribution in [1.29, 1.82) is 0 Å². The van der Waals surface area contributed by atoms with Crippen LogP contribution in [-0.4, -0.2) is 42.6 Å². The van der Waals surface area contributed by atoms with Gasteiger partial charge < -0.3 is 19.4 Å². The molecule has 32 heavy (non-hydrogen) atoms. The van der Waals surface area contributed by atoms with Crippen molar-refractivity contribution in [2.75, 3.05) is 13.7 Å². The van der Waals surface area contributed by atoms with Crippen LogP contribution in [0, 0.1) is 19.8 Å². The molecule has 3 heterocycles. The highest BCUT2D eigenvalue weighted by molar-refractivity contribution is 6.35. The number of terminal acetylenes is 1. The van der Waals surface area contributed by atoms with Crippen LogP contribution in [0.5, 0.6) is 5.75 Å². The summed E-state index contributed by atoms with van der Waals surface area (Å²) < 4.78 is 11.0. The Hall–Kier alpha value is -3.77. The van der Waals surface area contributed by atoms with E-state index in [1.165, 1.54) is 12.0 Å². The van der Waals surface area contributed by atoms with Gasteiger partial charge in [0.05, 0.1) is 24.2 Å². The molecule has 166 valence electrons. The maximum atomic E-state index is 13.1. The van der Waals surface area contributed by atoms with Gasteiger partial charge in [0, 0.05) is 18.8 Å². The molecule has 4 rings (SSSR count). The molecule has 1 atom stereocenters. The van der Waals surface area contributed by atoms with Gasteiger partial charge in [-0.25, -0.2) is 4.79 Å². The van der Waals surface area contributed by atoms with Crippen LogP contribution in [0.25, 0.3) is 0 Å². The lowest BCUT2D eigenvalue weighted by Crippen LogP contribution is -2.52. The first-order chi connectivity index (χ1) is 15.3. The molecule has 2 aliphatic rings. The van der Waals surface area contributed by atoms with Crippen molar-refractivity contribution in [3.05, 3.63) is 45.9 Å². The Morgan fingerprint density at radius 1 is 1.34 bits per heavy atom. The quantitative estimate of drug-likeness (QED) is 0.408. The molecule has 0 bridgehead atoms. The van der Waals surface area contributed by atoms with Crippen LogP contribution in [0.3, 0.4) is 0 Å². The molecule has 0 spiro atoms. The number of amides is 4. The SMILES string of the molecule is C#C.CC=Nc1cc([C@]2(CN3Cc4ccc(OC)c(Cl)c4C3=O)NC(=O)NC2=O)oc1C. The summed E-state index contributed by atoms with van der Waals surface area (Å²) in [6.07, 6.45) is 9.59. The van der Waals surface area contributed by atoms with Gasteiger partial charge in [-0.3, -0.25) is 19.9 Å². The molecule has 0 aliphatic carbocycles. The van der Waals surface area contributed by atoms with E-state index in [0.717, 1.165) is 0 Å². The van der Waals surface area contributed by atoms with Crippen molar-refractivity contribution in [2.45, 2.75) is 25.9 Å². The fraction of sp³-hybridized carbons (Fsp3) is 0.273. The molecule has 9 nitrogen and oxygen atoms in total. The minimum atomic E-state index is -1.59. The number of imide groups is 1. The molecule has 2 aromatic rings. The van der Waals surface area contributed by atoms with Gasteiger partial charge in [-0.2, -0.15) is 0 Å². The van der Waals surface area contributed by atoms with Crippen LogP contribution in [0.2, 0.25) is 5.02 Å². The summed E-state index contributed by atoms with van der Waals surface area (Å²) in [6.45, 7) is 3.54. The monoisotopic (exact) mass is 456 g/mol. The first-order valence-electron chi connectivity index (χ1n) is 9.52. The normalized spacial score (nSPS) is 19.4. The van der Waals surface area contributed by atoms with Crippen molar-refractivity contribution >= 4 is 41.3 Å². The molecule has 1 saturated heterocycles. The van der Waals surface area contributed by atoms with E-state index in [2.05, 4.69) is 28.5 Å². The Labute approximate surface area is 189 Å². The zero-order chi connectivity index (χ0) is 23.6. The number of hydrogen-bond acceptors (Lipinski definition) is 6. The average molecular weight is 457 g/mol. The van der Waals surface area contributed by atoms with E-state index in [1.54, 1.807) is 38.3 Å². The average Bonchev–Trinajstić information content (AvgIpc) is 3.39. The Balaban J connectivity index is 0.00000141. The van der Waals surface area contributed by atoms with Crippen LogP contribution in [0.4, 0.5) is 10.5 Å². The van der Waals surface area contributed by atoms with Gasteiger partial charge in [-0.05, 0) is 25.5 Å². The first kappa shape index (κ1) is 22.9. The summed E-state index contributed by atoms with van der Waals surface area (Å²) in [5.41, 5.74) is -0.0255. The van der Waals surface area contributed by atoms with E-state index >= 15 is 0 Å². The minimum Gasteiger partial charge on any atom is -0.495 e. The number of methoxy groups -OCH3 is 1. The summed E-state index contributed by atoms with van der Waals surface area (Å²) in [5.74, 6) is 0.0885. The molecule has 1 aromatic carbocycles. The van der Waals surface area contributed by atoms with E-state index in [9.17, 15) is 14.4 Å². The molecule has 1 aromatic heterocycles. The summed E-state index contributed by atoms with van der Waals surface area (Å²) in [6, 6.07) is 4.36. The van der Waals surface area contributed by atoms with Crippen LogP contribution in [0.15, 0.2) is 27.6 Å². The number of rotatable bonds is 5. The molecule has 0 unspecified atom stereocenters. The van der Waals surface area contributed by atoms with Crippen molar-refractivity contribution < 1.29 is 23.5 Å². The van der Waals surface area contributed by atoms with Gasteiger partial charge in [0.25, 0.3) is 11.8 Å². The Morgan fingerprint density at radius 3 is 2.66 bits per heavy atom. The van der Waals surface area contributed by atoms with E-state index in [0.29, 0.717) is 28.3 Å². The lowest BCUT2D eigenvalue weighted by Gasteiger charge is -2.29. The van der Waals surface area contributed by atoms with Gasteiger partial charge in [-0.1, -0.05) is 17.7 Å². The second-order valence-corrected chi connectivity index (χ2v) is 7.41. The first-order valence-corrected chi connectivity index (χ1v) is 9.89. The maximum absolute atomic E-state index is 13.1. The zero-order valence-corrected chi connectivity index (χ0v) is 18.4. The lowest BCUT2D eigenvalue weighted by molar-refractivity contribution is -0.125. The van der Waals surface area contributed by atoms with Crippen molar-refractivity contribution in [3.63, 3.8) is 0 Å². The van der Waals surface area contributed by atoms with E-state index in [4.69, 9.17) is 20.8 Å². The fourth-order valence-corrected chi connectivity index (χ4v) is 4.11. The largest absolute Gasteiger partial charge is 0.495 e. The number of hydrogen-bond donors (Lipinski definition) is 2. The van der Waals surface area contributed by atoms with Crippen LogP contribution >= 0.6 is 11.6 Å². The second-order valence-electron chi connectivity index (χ2n) is 7.03. The molecule has 10 heteroatoms. The number of benzene rings is 1. The molecule has 0 saturated carbocycles. The number of nitrogens with zero attached hydrogens (tertiary/aromatic N) is 2. The fourth-order valence-electron chi connectivity index (χ4n) is 3.77. The van der Waals surface area contributed by atoms with E-state index in [1.807, 2.05) is 0 Å². The third kappa shape index (κ3) is 3.59. The van der Waals surface area contributed by atoms with E-state index < -0.39 is 17.5 Å². The molecule has 0 radical (unpaired) electrons. The zero-order valence-electron chi connectivity index (χ0n) is 17.7. The number of halogens is 1. The Kier molecular flexibility index (Phi) is 6.27. The summed E-state index contributed by atoms with van der Waals surface area (Å²) >= 11 is 6.34. The number of aryl methyl sites for hydroxylation is 1. The van der Waals surface area contributed by atoms with Crippen molar-refractivity contribution in [2.24, 2.45) is 4.99 Å². The smallest absolute Gasteiger partial charge is 0.322 e. The number of carbonyl (C=O) groups is 3. The van der Waals surface area contributed by atoms with Gasteiger partial charge in [0.2, 0.25) is 0 Å². The summed E-state index contributed by atoms with van der Waals surface area (Å²) in [4.78, 5) is 43.6. The Morgan fingerprint density at radius 2 is 2.06 bits per heavy atom. The molecule has 1 fully saturated rings. The van der Waals surface area contributed by atoms with Crippen molar-refractivity contribution in [3.8, 4) is 18.6 Å². The standard InChI is InChI=1S/C20H19ClN4O5.C2H2/c1-4-22-12-7-14(30-10(12)2)20(18(27)23-19(28)24-20)9-25-8-11-5-6-13(29-3)16(21)15(11)17(25)26;1-2/h4-7H,8-9H2,1-3H3,(H2,23,24,27,28);1-2H/t20-;/m0./s1. The lowest BCUT2D eigenvalue weighted by atomic mass is 9.95. The second kappa shape index (κ2) is 8.77. The van der Waals surface area contributed by atoms with Crippen LogP contribution in [0.1, 0.15) is 34.4 Å². The molecular weight excluding hydrogens is 436 g/mol. The van der Waals surface area contributed by atoms with Crippen LogP contribution in [-0.2, 0) is 16.9 Å². The molecule has 2 aliphatic heterocycles. The third-order valence-electron chi connectivity index (χ3n) is 5.23. The highest BCUT2D eigenvalue weighted by Gasteiger charge is 2.53.